The van der Waals surface area contributed by atoms with Crippen molar-refractivity contribution >= 4 is 0 Å². The lowest BCUT2D eigenvalue weighted by molar-refractivity contribution is 0.577. The van der Waals surface area contributed by atoms with Crippen molar-refractivity contribution in [3.8, 4) is 5.69 Å². The van der Waals surface area contributed by atoms with Crippen molar-refractivity contribution in [2.24, 2.45) is 0 Å². The molecule has 0 spiro atoms. The van der Waals surface area contributed by atoms with E-state index in [0.29, 0.717) is 0 Å². The predicted octanol–water partition coefficient (Wildman–Crippen LogP) is 3.18. The molecule has 0 bridgehead atoms. The zero-order valence-electron chi connectivity index (χ0n) is 11.2. The summed E-state index contributed by atoms with van der Waals surface area (Å²) in [5.74, 6) is 0. The van der Waals surface area contributed by atoms with Gasteiger partial charge in [-0.05, 0) is 42.0 Å². The van der Waals surface area contributed by atoms with E-state index in [1.165, 1.54) is 16.7 Å². The molecule has 3 nitrogen and oxygen atoms in total. The molecule has 0 radical (unpaired) electrons. The van der Waals surface area contributed by atoms with Crippen molar-refractivity contribution < 1.29 is 0 Å². The average molecular weight is 229 g/mol. The van der Waals surface area contributed by atoms with Crippen molar-refractivity contribution in [3.63, 3.8) is 0 Å². The molecule has 0 aliphatic heterocycles. The van der Waals surface area contributed by atoms with Crippen LogP contribution in [0.4, 0.5) is 0 Å². The second-order valence-electron chi connectivity index (χ2n) is 5.50. The van der Waals surface area contributed by atoms with Crippen molar-refractivity contribution in [3.05, 3.63) is 41.2 Å². The second-order valence-corrected chi connectivity index (χ2v) is 5.50. The fourth-order valence-corrected chi connectivity index (χ4v) is 2.28. The summed E-state index contributed by atoms with van der Waals surface area (Å²) in [6.45, 7) is 11.0. The Labute approximate surface area is 102 Å². The van der Waals surface area contributed by atoms with Gasteiger partial charge in [0.15, 0.2) is 0 Å². The first-order valence-electron chi connectivity index (χ1n) is 5.88. The van der Waals surface area contributed by atoms with Gasteiger partial charge in [-0.2, -0.15) is 0 Å². The Bertz CT molecular complexity index is 519. The molecule has 0 saturated heterocycles. The highest BCUT2D eigenvalue weighted by molar-refractivity contribution is 5.51. The molecule has 17 heavy (non-hydrogen) atoms. The Morgan fingerprint density at radius 3 is 2.35 bits per heavy atom. The monoisotopic (exact) mass is 229 g/mol. The van der Waals surface area contributed by atoms with Gasteiger partial charge >= 0.3 is 0 Å². The fourth-order valence-electron chi connectivity index (χ4n) is 2.28. The van der Waals surface area contributed by atoms with Gasteiger partial charge in [0.1, 0.15) is 0 Å². The summed E-state index contributed by atoms with van der Waals surface area (Å²) in [6, 6.07) is 4.26. The fraction of sp³-hybridized carbons (Fsp3) is 0.429. The van der Waals surface area contributed by atoms with E-state index < -0.39 is 0 Å². The molecule has 2 rings (SSSR count). The zero-order valence-corrected chi connectivity index (χ0v) is 11.2. The summed E-state index contributed by atoms with van der Waals surface area (Å²) in [5, 5.41) is 7.98. The average Bonchev–Trinajstić information content (AvgIpc) is 2.73. The van der Waals surface area contributed by atoms with Crippen LogP contribution in [0.5, 0.6) is 0 Å². The van der Waals surface area contributed by atoms with E-state index in [4.69, 9.17) is 0 Å². The van der Waals surface area contributed by atoms with Crippen LogP contribution < -0.4 is 0 Å². The Morgan fingerprint density at radius 1 is 1.12 bits per heavy atom. The Kier molecular flexibility index (Phi) is 2.77. The largest absolute Gasteiger partial charge is 0.220 e. The summed E-state index contributed by atoms with van der Waals surface area (Å²) < 4.78 is 1.84. The Balaban J connectivity index is 2.73. The number of rotatable bonds is 1. The Hall–Kier alpha value is -1.64. The SMILES string of the molecule is Cc1ccc(-n2ccnn2)c(C(C)(C)C)c1C. The van der Waals surface area contributed by atoms with Crippen molar-refractivity contribution in [1.82, 2.24) is 15.0 Å². The minimum absolute atomic E-state index is 0.0946. The summed E-state index contributed by atoms with van der Waals surface area (Å²) >= 11 is 0. The molecular formula is C14H19N3. The van der Waals surface area contributed by atoms with E-state index in [1.807, 2.05) is 10.9 Å². The highest BCUT2D eigenvalue weighted by Gasteiger charge is 2.22. The second kappa shape index (κ2) is 3.99. The Morgan fingerprint density at radius 2 is 1.82 bits per heavy atom. The van der Waals surface area contributed by atoms with Crippen LogP contribution in [0.2, 0.25) is 0 Å². The molecular weight excluding hydrogens is 210 g/mol. The lowest BCUT2D eigenvalue weighted by Crippen LogP contribution is -2.18. The van der Waals surface area contributed by atoms with Crippen molar-refractivity contribution in [2.75, 3.05) is 0 Å². The van der Waals surface area contributed by atoms with Crippen LogP contribution in [0.1, 0.15) is 37.5 Å². The maximum Gasteiger partial charge on any atom is 0.0703 e. The van der Waals surface area contributed by atoms with Gasteiger partial charge in [0.05, 0.1) is 18.1 Å². The normalized spacial score (nSPS) is 11.8. The van der Waals surface area contributed by atoms with Gasteiger partial charge in [-0.3, -0.25) is 0 Å². The molecule has 1 aromatic carbocycles. The lowest BCUT2D eigenvalue weighted by atomic mass is 9.81. The quantitative estimate of drug-likeness (QED) is 0.752. The number of nitrogens with zero attached hydrogens (tertiary/aromatic N) is 3. The molecule has 0 aliphatic rings. The van der Waals surface area contributed by atoms with Gasteiger partial charge in [0.25, 0.3) is 0 Å². The number of hydrogen-bond donors (Lipinski definition) is 0. The summed E-state index contributed by atoms with van der Waals surface area (Å²) in [6.07, 6.45) is 3.60. The number of aryl methyl sites for hydroxylation is 1. The standard InChI is InChI=1S/C14H19N3/c1-10-6-7-12(17-9-8-15-16-17)13(11(10)2)14(3,4)5/h6-9H,1-5H3. The van der Waals surface area contributed by atoms with Gasteiger partial charge < -0.3 is 0 Å². The number of hydrogen-bond acceptors (Lipinski definition) is 2. The minimum atomic E-state index is 0.0946. The molecule has 0 aliphatic carbocycles. The van der Waals surface area contributed by atoms with Gasteiger partial charge in [0.2, 0.25) is 0 Å². The third-order valence-corrected chi connectivity index (χ3v) is 3.13. The highest BCUT2D eigenvalue weighted by atomic mass is 15.4. The van der Waals surface area contributed by atoms with Crippen LogP contribution in [-0.4, -0.2) is 15.0 Å². The van der Waals surface area contributed by atoms with Gasteiger partial charge in [-0.25, -0.2) is 4.68 Å². The molecule has 0 fully saturated rings. The van der Waals surface area contributed by atoms with Crippen LogP contribution in [0, 0.1) is 13.8 Å². The maximum atomic E-state index is 4.10. The van der Waals surface area contributed by atoms with Crippen molar-refractivity contribution in [1.29, 1.82) is 0 Å². The minimum Gasteiger partial charge on any atom is -0.220 e. The van der Waals surface area contributed by atoms with E-state index in [1.54, 1.807) is 6.20 Å². The molecule has 1 aromatic heterocycles. The van der Waals surface area contributed by atoms with Crippen LogP contribution in [-0.2, 0) is 5.41 Å². The molecule has 1 heterocycles. The van der Waals surface area contributed by atoms with E-state index in [9.17, 15) is 0 Å². The van der Waals surface area contributed by atoms with Gasteiger partial charge in [-0.15, -0.1) is 5.10 Å². The van der Waals surface area contributed by atoms with Crippen LogP contribution >= 0.6 is 0 Å². The topological polar surface area (TPSA) is 30.7 Å². The molecule has 0 N–H and O–H groups in total. The van der Waals surface area contributed by atoms with E-state index >= 15 is 0 Å². The maximum absolute atomic E-state index is 4.10. The first-order valence-corrected chi connectivity index (χ1v) is 5.88. The van der Waals surface area contributed by atoms with Crippen LogP contribution in [0.25, 0.3) is 5.69 Å². The number of aromatic nitrogens is 3. The first-order chi connectivity index (χ1) is 7.91. The third kappa shape index (κ3) is 2.09. The third-order valence-electron chi connectivity index (χ3n) is 3.13. The molecule has 0 unspecified atom stereocenters. The molecule has 90 valence electrons. The van der Waals surface area contributed by atoms with E-state index in [2.05, 4.69) is 57.1 Å². The van der Waals surface area contributed by atoms with E-state index in [-0.39, 0.29) is 5.41 Å². The molecule has 2 aromatic rings. The molecule has 0 amide bonds. The molecule has 3 heteroatoms. The lowest BCUT2D eigenvalue weighted by Gasteiger charge is -2.26. The van der Waals surface area contributed by atoms with E-state index in [0.717, 1.165) is 5.69 Å². The highest BCUT2D eigenvalue weighted by Crippen LogP contribution is 2.32. The summed E-state index contributed by atoms with van der Waals surface area (Å²) in [7, 11) is 0. The number of benzene rings is 1. The van der Waals surface area contributed by atoms with Gasteiger partial charge in [-0.1, -0.05) is 32.1 Å². The first kappa shape index (κ1) is 11.8. The zero-order chi connectivity index (χ0) is 12.6. The molecule has 0 saturated carbocycles. The van der Waals surface area contributed by atoms with Crippen LogP contribution in [0.3, 0.4) is 0 Å². The smallest absolute Gasteiger partial charge is 0.0703 e. The summed E-state index contributed by atoms with van der Waals surface area (Å²) in [5.41, 5.74) is 5.21. The summed E-state index contributed by atoms with van der Waals surface area (Å²) in [4.78, 5) is 0. The van der Waals surface area contributed by atoms with Crippen molar-refractivity contribution in [2.45, 2.75) is 40.0 Å². The predicted molar refractivity (Wildman–Crippen MR) is 69.5 cm³/mol. The molecule has 0 atom stereocenters. The van der Waals surface area contributed by atoms with Gasteiger partial charge in [0, 0.05) is 0 Å². The van der Waals surface area contributed by atoms with Crippen LogP contribution in [0.15, 0.2) is 24.5 Å².